The third-order valence-electron chi connectivity index (χ3n) is 1.86. The fourth-order valence-corrected chi connectivity index (χ4v) is 2.19. The molecule has 0 aliphatic rings. The zero-order valence-electron chi connectivity index (χ0n) is 7.37. The number of nitrogens with one attached hydrogen (secondary N) is 1. The van der Waals surface area contributed by atoms with Crippen molar-refractivity contribution in [1.82, 2.24) is 10.2 Å². The average molecular weight is 226 g/mol. The topological polar surface area (TPSA) is 28.7 Å². The number of aryl methyl sites for hydroxylation is 1. The molecule has 0 radical (unpaired) electrons. The first kappa shape index (κ1) is 9.48. The minimum absolute atomic E-state index is 0.231. The van der Waals surface area contributed by atoms with E-state index >= 15 is 0 Å². The standard InChI is InChI=1S/C9H7FN2S2/c1-5-4-6(10)2-3-7(5)8-11-12-9(13)14-8/h2-4H,1H3,(H,12,13). The zero-order chi connectivity index (χ0) is 10.1. The van der Waals surface area contributed by atoms with Gasteiger partial charge in [0.15, 0.2) is 3.95 Å². The van der Waals surface area contributed by atoms with Crippen molar-refractivity contribution in [2.75, 3.05) is 0 Å². The molecule has 0 aliphatic carbocycles. The highest BCUT2D eigenvalue weighted by atomic mass is 32.1. The van der Waals surface area contributed by atoms with Gasteiger partial charge in [-0.3, -0.25) is 5.10 Å². The Balaban J connectivity index is 2.57. The van der Waals surface area contributed by atoms with Crippen molar-refractivity contribution in [1.29, 1.82) is 0 Å². The van der Waals surface area contributed by atoms with Crippen molar-refractivity contribution in [2.45, 2.75) is 6.92 Å². The van der Waals surface area contributed by atoms with Gasteiger partial charge in [0.05, 0.1) is 0 Å². The van der Waals surface area contributed by atoms with Crippen LogP contribution in [-0.2, 0) is 0 Å². The van der Waals surface area contributed by atoms with Crippen molar-refractivity contribution in [3.63, 3.8) is 0 Å². The van der Waals surface area contributed by atoms with E-state index in [0.717, 1.165) is 16.1 Å². The van der Waals surface area contributed by atoms with Crippen molar-refractivity contribution in [2.24, 2.45) is 0 Å². The number of rotatable bonds is 1. The van der Waals surface area contributed by atoms with Gasteiger partial charge in [-0.15, -0.1) is 0 Å². The Morgan fingerprint density at radius 3 is 2.86 bits per heavy atom. The molecule has 0 atom stereocenters. The molecule has 0 spiro atoms. The van der Waals surface area contributed by atoms with Gasteiger partial charge < -0.3 is 0 Å². The number of halogens is 1. The number of benzene rings is 1. The maximum absolute atomic E-state index is 12.8. The van der Waals surface area contributed by atoms with Gasteiger partial charge in [0.2, 0.25) is 0 Å². The van der Waals surface area contributed by atoms with E-state index in [4.69, 9.17) is 12.2 Å². The Hall–Kier alpha value is -1.07. The molecule has 72 valence electrons. The largest absolute Gasteiger partial charge is 0.258 e. The molecule has 0 aliphatic heterocycles. The SMILES string of the molecule is Cc1cc(F)ccc1-c1n[nH]c(=S)s1. The van der Waals surface area contributed by atoms with Crippen LogP contribution < -0.4 is 0 Å². The van der Waals surface area contributed by atoms with Gasteiger partial charge in [0.25, 0.3) is 0 Å². The molecular weight excluding hydrogens is 219 g/mol. The van der Waals surface area contributed by atoms with Crippen LogP contribution in [0.2, 0.25) is 0 Å². The second kappa shape index (κ2) is 3.59. The first-order valence-corrected chi connectivity index (χ1v) is 5.21. The maximum Gasteiger partial charge on any atom is 0.176 e. The predicted molar refractivity (Wildman–Crippen MR) is 57.4 cm³/mol. The summed E-state index contributed by atoms with van der Waals surface area (Å²) in [5.41, 5.74) is 1.78. The van der Waals surface area contributed by atoms with Crippen LogP contribution in [0.5, 0.6) is 0 Å². The van der Waals surface area contributed by atoms with Crippen LogP contribution in [-0.4, -0.2) is 10.2 Å². The molecule has 14 heavy (non-hydrogen) atoms. The number of nitrogens with zero attached hydrogens (tertiary/aromatic N) is 1. The summed E-state index contributed by atoms with van der Waals surface area (Å²) < 4.78 is 13.5. The molecule has 5 heteroatoms. The summed E-state index contributed by atoms with van der Waals surface area (Å²) in [5.74, 6) is -0.231. The summed E-state index contributed by atoms with van der Waals surface area (Å²) in [6, 6.07) is 4.62. The fraction of sp³-hybridized carbons (Fsp3) is 0.111. The van der Waals surface area contributed by atoms with Gasteiger partial charge >= 0.3 is 0 Å². The molecule has 0 bridgehead atoms. The van der Waals surface area contributed by atoms with E-state index in [-0.39, 0.29) is 5.82 Å². The van der Waals surface area contributed by atoms with E-state index in [1.807, 2.05) is 6.92 Å². The van der Waals surface area contributed by atoms with Crippen LogP contribution in [0.1, 0.15) is 5.56 Å². The Morgan fingerprint density at radius 1 is 1.50 bits per heavy atom. The molecule has 1 aromatic heterocycles. The molecule has 1 heterocycles. The van der Waals surface area contributed by atoms with Crippen LogP contribution in [0, 0.1) is 16.7 Å². The van der Waals surface area contributed by atoms with Crippen molar-refractivity contribution in [3.8, 4) is 10.6 Å². The van der Waals surface area contributed by atoms with Gasteiger partial charge in [0, 0.05) is 5.56 Å². The highest BCUT2D eigenvalue weighted by molar-refractivity contribution is 7.73. The van der Waals surface area contributed by atoms with Gasteiger partial charge in [-0.05, 0) is 42.9 Å². The summed E-state index contributed by atoms with van der Waals surface area (Å²) in [6.07, 6.45) is 0. The Kier molecular flexibility index (Phi) is 2.43. The first-order valence-electron chi connectivity index (χ1n) is 3.99. The second-order valence-corrected chi connectivity index (χ2v) is 4.54. The highest BCUT2D eigenvalue weighted by Gasteiger charge is 2.05. The van der Waals surface area contributed by atoms with Crippen LogP contribution in [0.3, 0.4) is 0 Å². The Labute approximate surface area is 89.4 Å². The number of aromatic amines is 1. The van der Waals surface area contributed by atoms with E-state index in [2.05, 4.69) is 10.2 Å². The summed E-state index contributed by atoms with van der Waals surface area (Å²) in [4.78, 5) is 0. The smallest absolute Gasteiger partial charge is 0.176 e. The number of aromatic nitrogens is 2. The minimum Gasteiger partial charge on any atom is -0.258 e. The molecule has 1 N–H and O–H groups in total. The molecule has 0 amide bonds. The molecule has 1 aromatic carbocycles. The fourth-order valence-electron chi connectivity index (χ4n) is 1.21. The molecule has 2 rings (SSSR count). The molecule has 0 fully saturated rings. The lowest BCUT2D eigenvalue weighted by atomic mass is 10.1. The summed E-state index contributed by atoms with van der Waals surface area (Å²) >= 11 is 6.31. The summed E-state index contributed by atoms with van der Waals surface area (Å²) in [7, 11) is 0. The van der Waals surface area contributed by atoms with Crippen molar-refractivity contribution in [3.05, 3.63) is 33.5 Å². The van der Waals surface area contributed by atoms with Crippen LogP contribution in [0.4, 0.5) is 4.39 Å². The lowest BCUT2D eigenvalue weighted by molar-refractivity contribution is 0.627. The lowest BCUT2D eigenvalue weighted by Gasteiger charge is -2.00. The molecule has 0 saturated carbocycles. The molecule has 2 aromatic rings. The van der Waals surface area contributed by atoms with E-state index in [1.54, 1.807) is 6.07 Å². The molecular formula is C9H7FN2S2. The second-order valence-electron chi connectivity index (χ2n) is 2.88. The number of hydrogen-bond acceptors (Lipinski definition) is 3. The van der Waals surface area contributed by atoms with E-state index in [0.29, 0.717) is 3.95 Å². The Bertz CT molecular complexity index is 516. The van der Waals surface area contributed by atoms with Crippen LogP contribution >= 0.6 is 23.6 Å². The van der Waals surface area contributed by atoms with Crippen LogP contribution in [0.15, 0.2) is 18.2 Å². The van der Waals surface area contributed by atoms with Gasteiger partial charge in [-0.2, -0.15) is 5.10 Å². The van der Waals surface area contributed by atoms with Crippen molar-refractivity contribution >= 4 is 23.6 Å². The zero-order valence-corrected chi connectivity index (χ0v) is 9.01. The van der Waals surface area contributed by atoms with Gasteiger partial charge in [0.1, 0.15) is 10.8 Å². The first-order chi connectivity index (χ1) is 6.66. The summed E-state index contributed by atoms with van der Waals surface area (Å²) in [5, 5.41) is 7.54. The van der Waals surface area contributed by atoms with Gasteiger partial charge in [-0.1, -0.05) is 11.3 Å². The average Bonchev–Trinajstić information content (AvgIpc) is 2.51. The number of H-pyrrole nitrogens is 1. The third-order valence-corrected chi connectivity index (χ3v) is 2.98. The quantitative estimate of drug-likeness (QED) is 0.756. The molecule has 0 unspecified atom stereocenters. The normalized spacial score (nSPS) is 10.4. The Morgan fingerprint density at radius 2 is 2.29 bits per heavy atom. The van der Waals surface area contributed by atoms with Gasteiger partial charge in [-0.25, -0.2) is 4.39 Å². The monoisotopic (exact) mass is 226 g/mol. The maximum atomic E-state index is 12.8. The summed E-state index contributed by atoms with van der Waals surface area (Å²) in [6.45, 7) is 1.85. The van der Waals surface area contributed by atoms with Crippen LogP contribution in [0.25, 0.3) is 10.6 Å². The highest BCUT2D eigenvalue weighted by Crippen LogP contribution is 2.25. The minimum atomic E-state index is -0.231. The molecule has 0 saturated heterocycles. The van der Waals surface area contributed by atoms with E-state index in [9.17, 15) is 4.39 Å². The van der Waals surface area contributed by atoms with E-state index in [1.165, 1.54) is 23.5 Å². The number of hydrogen-bond donors (Lipinski definition) is 1. The lowest BCUT2D eigenvalue weighted by Crippen LogP contribution is -1.84. The van der Waals surface area contributed by atoms with Crippen molar-refractivity contribution < 1.29 is 4.39 Å². The predicted octanol–water partition coefficient (Wildman–Crippen LogP) is 3.32. The van der Waals surface area contributed by atoms with E-state index < -0.39 is 0 Å². The molecule has 2 nitrogen and oxygen atoms in total. The third kappa shape index (κ3) is 1.73.